The highest BCUT2D eigenvalue weighted by Gasteiger charge is 2.30. The van der Waals surface area contributed by atoms with Crippen molar-refractivity contribution in [3.8, 4) is 11.4 Å². The van der Waals surface area contributed by atoms with Crippen molar-refractivity contribution in [2.75, 3.05) is 0 Å². The van der Waals surface area contributed by atoms with Crippen molar-refractivity contribution in [2.24, 2.45) is 0 Å². The number of rotatable bonds is 3. The highest BCUT2D eigenvalue weighted by Crippen LogP contribution is 2.30. The highest BCUT2D eigenvalue weighted by molar-refractivity contribution is 14.1. The van der Waals surface area contributed by atoms with Crippen LogP contribution in [0.3, 0.4) is 0 Å². The van der Waals surface area contributed by atoms with E-state index in [-0.39, 0.29) is 5.82 Å². The van der Waals surface area contributed by atoms with Crippen molar-refractivity contribution in [3.05, 3.63) is 51.7 Å². The van der Waals surface area contributed by atoms with E-state index in [0.717, 1.165) is 15.7 Å². The largest absolute Gasteiger partial charge is 0.416 e. The Hall–Kier alpha value is -1.91. The number of alkyl halides is 3. The molecule has 0 atom stereocenters. The Balaban J connectivity index is 1.78. The maximum atomic E-state index is 12.5. The predicted octanol–water partition coefficient (Wildman–Crippen LogP) is 3.60. The van der Waals surface area contributed by atoms with E-state index in [4.69, 9.17) is 4.52 Å². The van der Waals surface area contributed by atoms with Gasteiger partial charge in [0.15, 0.2) is 0 Å². The van der Waals surface area contributed by atoms with Crippen LogP contribution in [0, 0.1) is 3.57 Å². The first-order chi connectivity index (χ1) is 10.4. The van der Waals surface area contributed by atoms with Gasteiger partial charge in [-0.2, -0.15) is 23.3 Å². The lowest BCUT2D eigenvalue weighted by molar-refractivity contribution is -0.137. The van der Waals surface area contributed by atoms with Crippen molar-refractivity contribution in [3.63, 3.8) is 0 Å². The predicted molar refractivity (Wildman–Crippen MR) is 78.8 cm³/mol. The van der Waals surface area contributed by atoms with Crippen LogP contribution in [0.2, 0.25) is 0 Å². The molecule has 3 rings (SSSR count). The Morgan fingerprint density at radius 2 is 1.91 bits per heavy atom. The van der Waals surface area contributed by atoms with E-state index in [9.17, 15) is 13.2 Å². The topological polar surface area (TPSA) is 56.7 Å². The van der Waals surface area contributed by atoms with Gasteiger partial charge in [0.2, 0.25) is 11.7 Å². The van der Waals surface area contributed by atoms with Gasteiger partial charge in [-0.05, 0) is 34.7 Å². The Labute approximate surface area is 136 Å². The summed E-state index contributed by atoms with van der Waals surface area (Å²) in [5.41, 5.74) is -0.260. The lowest BCUT2D eigenvalue weighted by atomic mass is 10.1. The fraction of sp³-hybridized carbons (Fsp3) is 0.154. The van der Waals surface area contributed by atoms with Crippen LogP contribution in [0.1, 0.15) is 11.5 Å². The van der Waals surface area contributed by atoms with Gasteiger partial charge in [0, 0.05) is 11.8 Å². The monoisotopic (exact) mass is 420 g/mol. The molecule has 22 heavy (non-hydrogen) atoms. The zero-order valence-corrected chi connectivity index (χ0v) is 13.0. The molecule has 1 aromatic carbocycles. The van der Waals surface area contributed by atoms with Gasteiger partial charge >= 0.3 is 6.18 Å². The molecule has 0 bridgehead atoms. The lowest BCUT2D eigenvalue weighted by Gasteiger charge is -2.05. The zero-order chi connectivity index (χ0) is 15.7. The molecule has 9 heteroatoms. The van der Waals surface area contributed by atoms with Crippen LogP contribution in [-0.4, -0.2) is 19.9 Å². The maximum Gasteiger partial charge on any atom is 0.416 e. The molecule has 0 aliphatic rings. The van der Waals surface area contributed by atoms with Gasteiger partial charge in [0.05, 0.1) is 15.3 Å². The van der Waals surface area contributed by atoms with Gasteiger partial charge < -0.3 is 4.52 Å². The van der Waals surface area contributed by atoms with Crippen molar-refractivity contribution in [2.45, 2.75) is 12.7 Å². The minimum Gasteiger partial charge on any atom is -0.337 e. The van der Waals surface area contributed by atoms with Crippen LogP contribution in [0.5, 0.6) is 0 Å². The van der Waals surface area contributed by atoms with Crippen molar-refractivity contribution in [1.29, 1.82) is 0 Å². The van der Waals surface area contributed by atoms with E-state index in [1.807, 2.05) is 6.20 Å². The summed E-state index contributed by atoms with van der Waals surface area (Å²) >= 11 is 2.13. The van der Waals surface area contributed by atoms with E-state index in [0.29, 0.717) is 18.0 Å². The number of aromatic nitrogens is 4. The highest BCUT2D eigenvalue weighted by atomic mass is 127. The van der Waals surface area contributed by atoms with E-state index >= 15 is 0 Å². The molecule has 5 nitrogen and oxygen atoms in total. The Morgan fingerprint density at radius 3 is 2.50 bits per heavy atom. The number of benzene rings is 1. The van der Waals surface area contributed by atoms with E-state index in [1.165, 1.54) is 12.1 Å². The summed E-state index contributed by atoms with van der Waals surface area (Å²) in [5.74, 6) is 0.569. The lowest BCUT2D eigenvalue weighted by Crippen LogP contribution is -2.04. The minimum atomic E-state index is -4.36. The van der Waals surface area contributed by atoms with Crippen LogP contribution < -0.4 is 0 Å². The van der Waals surface area contributed by atoms with Crippen molar-refractivity contribution in [1.82, 2.24) is 19.9 Å². The van der Waals surface area contributed by atoms with Gasteiger partial charge in [-0.3, -0.25) is 4.68 Å². The second-order valence-electron chi connectivity index (χ2n) is 4.44. The molecule has 0 spiro atoms. The summed E-state index contributed by atoms with van der Waals surface area (Å²) in [6.07, 6.45) is -0.867. The SMILES string of the molecule is FC(F)(F)c1ccc(-c2noc(Cn3cc(I)cn3)n2)cc1. The summed E-state index contributed by atoms with van der Waals surface area (Å²) < 4.78 is 45.2. The molecule has 114 valence electrons. The van der Waals surface area contributed by atoms with Crippen LogP contribution in [0.15, 0.2) is 41.2 Å². The van der Waals surface area contributed by atoms with Gasteiger partial charge in [-0.25, -0.2) is 0 Å². The van der Waals surface area contributed by atoms with Crippen molar-refractivity contribution < 1.29 is 17.7 Å². The molecule has 2 heterocycles. The summed E-state index contributed by atoms with van der Waals surface area (Å²) in [7, 11) is 0. The third kappa shape index (κ3) is 3.29. The Bertz CT molecular complexity index is 779. The fourth-order valence-corrected chi connectivity index (χ4v) is 2.25. The van der Waals surface area contributed by atoms with E-state index in [2.05, 4.69) is 37.8 Å². The molecule has 0 N–H and O–H groups in total. The summed E-state index contributed by atoms with van der Waals surface area (Å²) in [6, 6.07) is 4.60. The zero-order valence-electron chi connectivity index (χ0n) is 10.9. The first-order valence-corrected chi connectivity index (χ1v) is 7.18. The van der Waals surface area contributed by atoms with Gasteiger partial charge in [0.25, 0.3) is 0 Å². The summed E-state index contributed by atoms with van der Waals surface area (Å²) in [4.78, 5) is 4.15. The number of halogens is 4. The molecule has 2 aromatic heterocycles. The van der Waals surface area contributed by atoms with Crippen LogP contribution in [0.4, 0.5) is 13.2 Å². The van der Waals surface area contributed by atoms with Crippen LogP contribution in [-0.2, 0) is 12.7 Å². The first kappa shape index (κ1) is 15.0. The van der Waals surface area contributed by atoms with Gasteiger partial charge in [-0.15, -0.1) is 0 Å². The molecule has 0 saturated heterocycles. The summed E-state index contributed by atoms with van der Waals surface area (Å²) in [5, 5.41) is 7.86. The quantitative estimate of drug-likeness (QED) is 0.608. The normalized spacial score (nSPS) is 11.8. The molecule has 0 radical (unpaired) electrons. The number of hydrogen-bond donors (Lipinski definition) is 0. The van der Waals surface area contributed by atoms with E-state index < -0.39 is 11.7 Å². The van der Waals surface area contributed by atoms with Gasteiger partial charge in [0.1, 0.15) is 6.54 Å². The third-order valence-corrected chi connectivity index (χ3v) is 3.39. The fourth-order valence-electron chi connectivity index (χ4n) is 1.81. The molecule has 0 saturated carbocycles. The minimum absolute atomic E-state index is 0.241. The Morgan fingerprint density at radius 1 is 1.18 bits per heavy atom. The molecule has 3 aromatic rings. The standard InChI is InChI=1S/C13H8F3IN4O/c14-13(15,16)9-3-1-8(2-4-9)12-19-11(22-20-12)7-21-6-10(17)5-18-21/h1-6H,7H2. The second-order valence-corrected chi connectivity index (χ2v) is 5.69. The van der Waals surface area contributed by atoms with Crippen LogP contribution in [0.25, 0.3) is 11.4 Å². The third-order valence-electron chi connectivity index (χ3n) is 2.84. The maximum absolute atomic E-state index is 12.5. The number of hydrogen-bond acceptors (Lipinski definition) is 4. The molecule has 0 unspecified atom stereocenters. The molecular weight excluding hydrogens is 412 g/mol. The molecule has 0 fully saturated rings. The Kier molecular flexibility index (Phi) is 3.89. The molecule has 0 amide bonds. The van der Waals surface area contributed by atoms with Gasteiger partial charge in [-0.1, -0.05) is 17.3 Å². The summed E-state index contributed by atoms with van der Waals surface area (Å²) in [6.45, 7) is 0.302. The number of nitrogens with zero attached hydrogens (tertiary/aromatic N) is 4. The average Bonchev–Trinajstić information content (AvgIpc) is 3.08. The smallest absolute Gasteiger partial charge is 0.337 e. The average molecular weight is 420 g/mol. The van der Waals surface area contributed by atoms with E-state index in [1.54, 1.807) is 10.9 Å². The molecule has 0 aliphatic heterocycles. The molecule has 0 aliphatic carbocycles. The first-order valence-electron chi connectivity index (χ1n) is 6.10. The van der Waals surface area contributed by atoms with Crippen molar-refractivity contribution >= 4 is 22.6 Å². The molecular formula is C13H8F3IN4O. The second kappa shape index (κ2) is 5.71. The van der Waals surface area contributed by atoms with Crippen LogP contribution >= 0.6 is 22.6 Å².